The second-order valence-electron chi connectivity index (χ2n) is 37.7. The van der Waals surface area contributed by atoms with Crippen molar-refractivity contribution < 1.29 is 13.3 Å². The summed E-state index contributed by atoms with van der Waals surface area (Å²) in [6, 6.07) is 131. The van der Waals surface area contributed by atoms with Gasteiger partial charge in [0.2, 0.25) is 0 Å². The number of rotatable bonds is 7. The van der Waals surface area contributed by atoms with Gasteiger partial charge in [0.05, 0.1) is 0 Å². The Morgan fingerprint density at radius 2 is 0.540 bits per heavy atom. The molecule has 2 nitrogen and oxygen atoms in total. The van der Waals surface area contributed by atoms with Crippen molar-refractivity contribution >= 4 is 125 Å². The average molecular weight is 2000 g/mol. The molecule has 24 rings (SSSR count). The summed E-state index contributed by atoms with van der Waals surface area (Å²) in [5.74, 6) is 0. The van der Waals surface area contributed by atoms with Gasteiger partial charge in [-0.05, 0) is 308 Å². The van der Waals surface area contributed by atoms with Crippen molar-refractivity contribution in [3.8, 4) is 89.0 Å². The number of halogens is 4. The average Bonchev–Trinajstić information content (AvgIpc) is 1.56. The molecule has 0 amide bonds. The van der Waals surface area contributed by atoms with Crippen LogP contribution < -0.4 is 23.5 Å². The van der Waals surface area contributed by atoms with Crippen LogP contribution in [-0.2, 0) is 32.5 Å². The van der Waals surface area contributed by atoms with Crippen LogP contribution in [0.2, 0.25) is 0 Å². The standard InChI is InChI=1S/C59H47N.C34H29N.C25H19Br.I3/c1-57(2)49-30-25-37-19-13-14-22-41(37)55(49)48-35-52-47(34-53(48)57)43-28-26-39(31-50(43)58(52,3)4)60(38-20-11-8-12-21-38)40-27-29-45-51(32-40)59(5,6)54-33-46(36-17-9-7-10-18-36)42-23-15-16-24-44(42)56(45)54;1-33(2)28-17-14-21-10-8-9-13-24(21)32(28)27-20-30-26(19-31(27)33)25-16-15-23(18-29(25)34(30,3)4)35-22-11-6-5-7-12-22;1-25(2)22-14-17(26)12-13-20(22)24-19-11-7-6-10-18(19)21(15-23(24)25)16-8-4-3-5-9-16;1-3-2/h7-35H,1-6H3;5-20,35H,1-4H3;3-15H,1-2H3;/q;;;-1. The molecule has 6 aliphatic carbocycles. The Morgan fingerprint density at radius 3 is 1.01 bits per heavy atom. The molecule has 0 atom stereocenters. The molecule has 124 heavy (non-hydrogen) atoms. The summed E-state index contributed by atoms with van der Waals surface area (Å²) < 4.78 is 1.14. The Labute approximate surface area is 768 Å². The summed E-state index contributed by atoms with van der Waals surface area (Å²) in [4.78, 5) is 2.47. The van der Waals surface area contributed by atoms with Crippen LogP contribution in [0, 0.1) is 0 Å². The molecule has 0 aliphatic heterocycles. The Balaban J connectivity index is 0.000000124. The van der Waals surface area contributed by atoms with E-state index in [2.05, 4.69) is 498 Å². The van der Waals surface area contributed by atoms with E-state index in [1.54, 1.807) is 0 Å². The van der Waals surface area contributed by atoms with Crippen LogP contribution in [0.3, 0.4) is 0 Å². The van der Waals surface area contributed by atoms with Crippen LogP contribution in [0.1, 0.15) is 150 Å². The fourth-order valence-corrected chi connectivity index (χ4v) is 22.7. The third kappa shape index (κ3) is 12.6. The molecule has 0 fully saturated rings. The fourth-order valence-electron chi connectivity index (χ4n) is 22.4. The molecule has 0 saturated heterocycles. The van der Waals surface area contributed by atoms with Crippen molar-refractivity contribution in [3.05, 3.63) is 423 Å². The first-order valence-electron chi connectivity index (χ1n) is 43.3. The molecule has 0 radical (unpaired) electrons. The molecule has 1 N–H and O–H groups in total. The predicted molar refractivity (Wildman–Crippen MR) is 546 cm³/mol. The van der Waals surface area contributed by atoms with Crippen LogP contribution >= 0.6 is 53.2 Å². The molecule has 6 heteroatoms. The Kier molecular flexibility index (Phi) is 19.6. The Morgan fingerprint density at radius 1 is 0.226 bits per heavy atom. The third-order valence-corrected chi connectivity index (χ3v) is 29.3. The number of fused-ring (bicyclic) bond motifs is 26. The molecular formula is C118H95BrI3N2-. The molecule has 0 unspecified atom stereocenters. The first-order chi connectivity index (χ1) is 59.9. The molecule has 0 heterocycles. The number of hydrogen-bond donors (Lipinski definition) is 1. The van der Waals surface area contributed by atoms with Gasteiger partial charge in [0.15, 0.2) is 0 Å². The summed E-state index contributed by atoms with van der Waals surface area (Å²) in [6.07, 6.45) is 0. The van der Waals surface area contributed by atoms with Crippen molar-refractivity contribution in [1.82, 2.24) is 0 Å². The number of para-hydroxylation sites is 2. The molecule has 6 aliphatic rings. The number of anilines is 5. The van der Waals surface area contributed by atoms with E-state index in [9.17, 15) is 0 Å². The van der Waals surface area contributed by atoms with Crippen LogP contribution in [0.5, 0.6) is 0 Å². The SMILES string of the molecule is CC1(C)c2cc(Br)ccc2-c2c1cc(-c1ccccc1)c1ccccc21.CC1(C)c2cc(N(c3ccccc3)c3ccc4c(c3)C(C)(C)c3cc(-c5ccccc5)c5ccccc5c3-4)ccc2-c2cc3c(cc21)-c1c(ccc2ccccc12)C3(C)C.CC1(C)c2cc(Nc3ccccc3)ccc2-c2cc3c(cc21)-c1c(ccc2ccccc12)C3(C)C.I[I-]I. The van der Waals surface area contributed by atoms with Crippen LogP contribution in [0.4, 0.5) is 28.4 Å². The normalized spacial score (nSPS) is 15.2. The molecule has 0 saturated carbocycles. The van der Waals surface area contributed by atoms with Gasteiger partial charge in [0.1, 0.15) is 0 Å². The Bertz CT molecular complexity index is 7440. The van der Waals surface area contributed by atoms with Gasteiger partial charge in [-0.25, -0.2) is 0 Å². The van der Waals surface area contributed by atoms with E-state index < -0.39 is 0 Å². The van der Waals surface area contributed by atoms with Gasteiger partial charge in [0, 0.05) is 65.4 Å². The summed E-state index contributed by atoms with van der Waals surface area (Å²) in [5.41, 5.74) is 43.8. The maximum absolute atomic E-state index is 3.66. The van der Waals surface area contributed by atoms with E-state index in [1.807, 2.05) is 0 Å². The van der Waals surface area contributed by atoms with Crippen molar-refractivity contribution in [2.24, 2.45) is 0 Å². The zero-order chi connectivity index (χ0) is 85.3. The summed E-state index contributed by atoms with van der Waals surface area (Å²) in [5, 5.41) is 14.2. The zero-order valence-corrected chi connectivity index (χ0v) is 80.0. The van der Waals surface area contributed by atoms with Gasteiger partial charge in [0.25, 0.3) is 0 Å². The van der Waals surface area contributed by atoms with Crippen molar-refractivity contribution in [2.45, 2.75) is 116 Å². The molecule has 606 valence electrons. The number of hydrogen-bond acceptors (Lipinski definition) is 2. The minimum atomic E-state index is -0.198. The van der Waals surface area contributed by atoms with E-state index >= 15 is 0 Å². The Hall–Kier alpha value is -10.7. The van der Waals surface area contributed by atoms with Gasteiger partial charge in [-0.15, -0.1) is 0 Å². The van der Waals surface area contributed by atoms with Crippen molar-refractivity contribution in [2.75, 3.05) is 10.2 Å². The monoisotopic (exact) mass is 2000 g/mol. The summed E-state index contributed by atoms with van der Waals surface area (Å²) in [7, 11) is 0. The number of benzene rings is 18. The minimum absolute atomic E-state index is 0.0119. The summed E-state index contributed by atoms with van der Waals surface area (Å²) in [6.45, 7) is 28.7. The topological polar surface area (TPSA) is 15.3 Å². The first-order valence-corrected chi connectivity index (χ1v) is 56.7. The third-order valence-electron chi connectivity index (χ3n) is 28.8. The van der Waals surface area contributed by atoms with Crippen LogP contribution in [-0.4, -0.2) is 0 Å². The van der Waals surface area contributed by atoms with E-state index in [1.165, 1.54) is 210 Å². The second-order valence-corrected chi connectivity index (χ2v) is 54.9. The molecular weight excluding hydrogens is 1910 g/mol. The molecule has 18 aromatic carbocycles. The fraction of sp³-hybridized carbons (Fsp3) is 0.153. The van der Waals surface area contributed by atoms with Crippen LogP contribution in [0.15, 0.2) is 356 Å². The van der Waals surface area contributed by atoms with E-state index in [0.717, 1.165) is 21.5 Å². The summed E-state index contributed by atoms with van der Waals surface area (Å²) >= 11 is 8.96. The molecule has 0 spiro atoms. The second kappa shape index (κ2) is 30.3. The van der Waals surface area contributed by atoms with Gasteiger partial charge in [-0.3, -0.25) is 0 Å². The zero-order valence-electron chi connectivity index (χ0n) is 71.9. The first kappa shape index (κ1) is 80.4. The van der Waals surface area contributed by atoms with Crippen molar-refractivity contribution in [1.29, 1.82) is 0 Å². The molecule has 18 aromatic rings. The molecule has 0 aromatic heterocycles. The van der Waals surface area contributed by atoms with Gasteiger partial charge >= 0.3 is 50.5 Å². The maximum atomic E-state index is 3.66. The van der Waals surface area contributed by atoms with E-state index in [-0.39, 0.29) is 32.5 Å². The quantitative estimate of drug-likeness (QED) is 0.160. The van der Waals surface area contributed by atoms with E-state index in [4.69, 9.17) is 0 Å². The van der Waals surface area contributed by atoms with Crippen LogP contribution in [0.25, 0.3) is 132 Å². The number of nitrogens with one attached hydrogen (secondary N) is 1. The van der Waals surface area contributed by atoms with Gasteiger partial charge < -0.3 is 10.2 Å². The molecule has 0 bridgehead atoms. The van der Waals surface area contributed by atoms with Gasteiger partial charge in [-0.2, -0.15) is 0 Å². The van der Waals surface area contributed by atoms with E-state index in [0.29, 0.717) is 13.3 Å². The predicted octanol–water partition coefficient (Wildman–Crippen LogP) is 31.6. The van der Waals surface area contributed by atoms with Crippen molar-refractivity contribution in [3.63, 3.8) is 0 Å². The number of nitrogens with zero attached hydrogens (tertiary/aromatic N) is 1. The van der Waals surface area contributed by atoms with Gasteiger partial charge in [-0.1, -0.05) is 342 Å².